The van der Waals surface area contributed by atoms with Crippen LogP contribution in [0.1, 0.15) is 69.8 Å². The van der Waals surface area contributed by atoms with Gasteiger partial charge in [0, 0.05) is 18.0 Å². The number of aliphatic hydroxyl groups excluding tert-OH is 1. The number of ether oxygens (including phenoxy) is 1. The highest BCUT2D eigenvalue weighted by atomic mass is 16.5. The number of carbonyl (C=O) groups is 5. The van der Waals surface area contributed by atoms with Crippen LogP contribution in [0.2, 0.25) is 0 Å². The molecule has 1 saturated carbocycles. The van der Waals surface area contributed by atoms with Crippen LogP contribution in [-0.4, -0.2) is 88.4 Å². The van der Waals surface area contributed by atoms with Crippen LogP contribution in [-0.2, 0) is 25.7 Å². The van der Waals surface area contributed by atoms with Gasteiger partial charge >= 0.3 is 12.2 Å². The number of benzene rings is 1. The first-order valence-corrected chi connectivity index (χ1v) is 15.7. The Hall–Kier alpha value is -4.56. The van der Waals surface area contributed by atoms with Gasteiger partial charge in [-0.05, 0) is 49.1 Å². The number of rotatable bonds is 16. The third-order valence-corrected chi connectivity index (χ3v) is 8.39. The zero-order valence-electron chi connectivity index (χ0n) is 25.8. The van der Waals surface area contributed by atoms with Crippen LogP contribution >= 0.6 is 0 Å². The summed E-state index contributed by atoms with van der Waals surface area (Å²) < 4.78 is 5.16. The second-order valence-corrected chi connectivity index (χ2v) is 11.8. The summed E-state index contributed by atoms with van der Waals surface area (Å²) in [6, 6.07) is 5.08. The number of nitrogens with zero attached hydrogens (tertiary/aromatic N) is 4. The monoisotopic (exact) mass is 644 g/mol. The summed E-state index contributed by atoms with van der Waals surface area (Å²) in [6.07, 6.45) is 2.24. The van der Waals surface area contributed by atoms with Gasteiger partial charge in [-0.2, -0.15) is 0 Å². The van der Waals surface area contributed by atoms with E-state index in [1.807, 2.05) is 30.3 Å². The molecule has 5 atom stereocenters. The van der Waals surface area contributed by atoms with Crippen LogP contribution in [0.15, 0.2) is 35.4 Å². The van der Waals surface area contributed by atoms with Gasteiger partial charge in [0.25, 0.3) is 0 Å². The number of likely N-dealkylation sites (tertiary alicyclic amines) is 1. The minimum Gasteiger partial charge on any atom is -0.465 e. The topological polar surface area (TPSA) is 249 Å². The Balaban J connectivity index is 1.60. The lowest BCUT2D eigenvalue weighted by Crippen LogP contribution is -2.57. The molecule has 0 bridgehead atoms. The lowest BCUT2D eigenvalue weighted by atomic mass is 9.84. The van der Waals surface area contributed by atoms with Crippen molar-refractivity contribution in [3.63, 3.8) is 0 Å². The second kappa shape index (κ2) is 18.4. The van der Waals surface area contributed by atoms with Gasteiger partial charge in [0.15, 0.2) is 6.10 Å². The van der Waals surface area contributed by atoms with E-state index in [1.165, 1.54) is 4.90 Å². The number of nitrogens with two attached hydrogens (primary N) is 1. The van der Waals surface area contributed by atoms with Crippen molar-refractivity contribution in [2.75, 3.05) is 13.1 Å². The van der Waals surface area contributed by atoms with Crippen LogP contribution < -0.4 is 21.7 Å². The molecule has 0 radical (unpaired) electrons. The van der Waals surface area contributed by atoms with Crippen molar-refractivity contribution in [2.24, 2.45) is 16.8 Å². The number of alkyl carbamates (subject to hydrolysis) is 1. The Labute approximate surface area is 267 Å². The molecule has 1 aromatic carbocycles. The molecule has 7 N–H and O–H groups in total. The van der Waals surface area contributed by atoms with Crippen LogP contribution in [0.25, 0.3) is 10.4 Å². The summed E-state index contributed by atoms with van der Waals surface area (Å²) in [4.78, 5) is 66.7. The predicted octanol–water partition coefficient (Wildman–Crippen LogP) is 2.30. The molecule has 16 heteroatoms. The summed E-state index contributed by atoms with van der Waals surface area (Å²) in [5, 5.41) is 31.1. The average Bonchev–Trinajstić information content (AvgIpc) is 3.47. The summed E-state index contributed by atoms with van der Waals surface area (Å²) in [5.74, 6) is -2.23. The minimum atomic E-state index is -1.74. The van der Waals surface area contributed by atoms with E-state index in [0.29, 0.717) is 12.8 Å². The lowest BCUT2D eigenvalue weighted by molar-refractivity contribution is -0.141. The van der Waals surface area contributed by atoms with Crippen molar-refractivity contribution in [3.05, 3.63) is 46.3 Å². The minimum absolute atomic E-state index is 0.0285. The highest BCUT2D eigenvalue weighted by molar-refractivity contribution is 5.92. The predicted molar refractivity (Wildman–Crippen MR) is 165 cm³/mol. The normalized spacial score (nSPS) is 20.0. The fourth-order valence-electron chi connectivity index (χ4n) is 6.03. The molecule has 252 valence electrons. The smallest absolute Gasteiger partial charge is 0.407 e. The number of azide groups is 1. The molecule has 2 unspecified atom stereocenters. The Morgan fingerprint density at radius 3 is 2.46 bits per heavy atom. The number of hydrogen-bond donors (Lipinski definition) is 6. The van der Waals surface area contributed by atoms with Crippen LogP contribution in [0.3, 0.4) is 0 Å². The van der Waals surface area contributed by atoms with E-state index in [1.54, 1.807) is 0 Å². The van der Waals surface area contributed by atoms with Crippen LogP contribution in [0.4, 0.5) is 9.59 Å². The molecular weight excluding hydrogens is 600 g/mol. The number of aliphatic hydroxyl groups is 1. The number of primary amides is 1. The fraction of sp³-hybridized carbons (Fsp3) is 0.633. The molecule has 0 aromatic heterocycles. The van der Waals surface area contributed by atoms with E-state index >= 15 is 0 Å². The molecule has 1 aromatic rings. The Kier molecular flexibility index (Phi) is 14.4. The molecule has 2 fully saturated rings. The van der Waals surface area contributed by atoms with Crippen molar-refractivity contribution >= 4 is 29.9 Å². The maximum absolute atomic E-state index is 13.7. The van der Waals surface area contributed by atoms with Gasteiger partial charge in [-0.15, -0.1) is 0 Å². The van der Waals surface area contributed by atoms with Crippen LogP contribution in [0, 0.1) is 5.92 Å². The Morgan fingerprint density at radius 2 is 1.80 bits per heavy atom. The molecule has 1 saturated heterocycles. The number of carbonyl (C=O) groups excluding carboxylic acids is 4. The van der Waals surface area contributed by atoms with Crippen molar-refractivity contribution in [2.45, 2.75) is 101 Å². The molecule has 2 aliphatic rings. The highest BCUT2D eigenvalue weighted by Crippen LogP contribution is 2.29. The molecule has 1 aliphatic heterocycles. The van der Waals surface area contributed by atoms with Gasteiger partial charge in [-0.25, -0.2) is 9.59 Å². The lowest BCUT2D eigenvalue weighted by Gasteiger charge is -2.32. The van der Waals surface area contributed by atoms with Gasteiger partial charge in [-0.3, -0.25) is 14.4 Å². The van der Waals surface area contributed by atoms with E-state index in [-0.39, 0.29) is 44.9 Å². The van der Waals surface area contributed by atoms with E-state index in [4.69, 9.17) is 16.0 Å². The van der Waals surface area contributed by atoms with E-state index in [9.17, 15) is 34.2 Å². The van der Waals surface area contributed by atoms with E-state index < -0.39 is 60.2 Å². The molecule has 16 nitrogen and oxygen atoms in total. The van der Waals surface area contributed by atoms with Crippen molar-refractivity contribution in [1.29, 1.82) is 0 Å². The molecule has 3 rings (SSSR count). The standard InChI is InChI=1S/C30H44N8O8/c31-26(40)25(39)22(13-7-8-14-33-30(45)46-18-20-11-5-2-6-12-20)34-27(41)24-16-21(36-37-32)17-38(24)28(42)23(35-29(43)44)15-19-9-3-1-4-10-19/h2,5-6,11-12,19,21-25,35,39H,1,3-4,7-10,13-18H2,(H2,31,40)(H,33,45)(H,34,41)(H,43,44)/t21-,22?,23+,24-,25?/m0/s1. The Morgan fingerprint density at radius 1 is 1.09 bits per heavy atom. The number of nitrogens with one attached hydrogen (secondary N) is 3. The zero-order valence-corrected chi connectivity index (χ0v) is 25.8. The molecule has 1 aliphatic carbocycles. The van der Waals surface area contributed by atoms with Gasteiger partial charge in [0.1, 0.15) is 18.7 Å². The molecule has 0 spiro atoms. The number of hydrogen-bond acceptors (Lipinski definition) is 8. The maximum Gasteiger partial charge on any atom is 0.407 e. The summed E-state index contributed by atoms with van der Waals surface area (Å²) in [6.45, 7) is 0.248. The summed E-state index contributed by atoms with van der Waals surface area (Å²) >= 11 is 0. The number of carboxylic acid groups (broad SMARTS) is 1. The third kappa shape index (κ3) is 11.4. The molecule has 1 heterocycles. The van der Waals surface area contributed by atoms with Crippen molar-refractivity contribution in [1.82, 2.24) is 20.9 Å². The van der Waals surface area contributed by atoms with Gasteiger partial charge in [0.05, 0.1) is 12.1 Å². The maximum atomic E-state index is 13.7. The van der Waals surface area contributed by atoms with Gasteiger partial charge in [-0.1, -0.05) is 67.6 Å². The third-order valence-electron chi connectivity index (χ3n) is 8.39. The van der Waals surface area contributed by atoms with Gasteiger partial charge < -0.3 is 41.5 Å². The van der Waals surface area contributed by atoms with E-state index in [0.717, 1.165) is 37.7 Å². The number of amides is 5. The zero-order chi connectivity index (χ0) is 33.5. The molecular formula is C30H44N8O8. The first kappa shape index (κ1) is 35.9. The Bertz CT molecular complexity index is 1240. The number of unbranched alkanes of at least 4 members (excludes halogenated alkanes) is 1. The fourth-order valence-corrected chi connectivity index (χ4v) is 6.03. The van der Waals surface area contributed by atoms with E-state index in [2.05, 4.69) is 26.0 Å². The quantitative estimate of drug-likeness (QED) is 0.0672. The summed E-state index contributed by atoms with van der Waals surface area (Å²) in [7, 11) is 0. The van der Waals surface area contributed by atoms with Gasteiger partial charge in [0.2, 0.25) is 17.7 Å². The summed E-state index contributed by atoms with van der Waals surface area (Å²) in [5.41, 5.74) is 15.2. The molecule has 46 heavy (non-hydrogen) atoms. The SMILES string of the molecule is [N-]=[N+]=N[C@H]1C[C@@H](C(=O)NC(CCCCNC(=O)OCc2ccccc2)C(O)C(N)=O)N(C(=O)[C@@H](CC2CCCCC2)NC(=O)O)C1. The largest absolute Gasteiger partial charge is 0.465 e. The highest BCUT2D eigenvalue weighted by Gasteiger charge is 2.43. The van der Waals surface area contributed by atoms with Crippen molar-refractivity contribution < 1.29 is 38.9 Å². The first-order chi connectivity index (χ1) is 22.1. The first-order valence-electron chi connectivity index (χ1n) is 15.7. The molecule has 5 amide bonds. The second-order valence-electron chi connectivity index (χ2n) is 11.8. The van der Waals surface area contributed by atoms with Crippen molar-refractivity contribution in [3.8, 4) is 0 Å². The average molecular weight is 645 g/mol. The van der Waals surface area contributed by atoms with Crippen LogP contribution in [0.5, 0.6) is 0 Å².